The van der Waals surface area contributed by atoms with Gasteiger partial charge in [0.05, 0.1) is 62.9 Å². The second-order valence-electron chi connectivity index (χ2n) is 12.3. The van der Waals surface area contributed by atoms with Crippen molar-refractivity contribution in [3.63, 3.8) is 0 Å². The molecule has 4 heterocycles. The third kappa shape index (κ3) is 8.67. The largest absolute Gasteiger partial charge is 0.409 e. The molecule has 16 heteroatoms. The Balaban J connectivity index is 0.000000412. The minimum absolute atomic E-state index is 0.155. The van der Waals surface area contributed by atoms with Crippen LogP contribution in [-0.4, -0.2) is 85.0 Å². The molecule has 0 bridgehead atoms. The number of aliphatic hydroxyl groups is 2. The maximum atomic E-state index is 16.7. The summed E-state index contributed by atoms with van der Waals surface area (Å²) in [6.45, 7) is 9.47. The van der Waals surface area contributed by atoms with E-state index in [1.165, 1.54) is 6.08 Å². The van der Waals surface area contributed by atoms with Crippen molar-refractivity contribution in [2.75, 3.05) is 30.8 Å². The van der Waals surface area contributed by atoms with Crippen LogP contribution in [-0.2, 0) is 18.0 Å². The molecule has 5 rings (SSSR count). The predicted molar refractivity (Wildman–Crippen MR) is 203 cm³/mol. The van der Waals surface area contributed by atoms with Crippen molar-refractivity contribution < 1.29 is 23.7 Å². The van der Waals surface area contributed by atoms with Gasteiger partial charge in [0.25, 0.3) is 0 Å². The molecule has 4 N–H and O–H groups in total. The standard InChI is InChI=1S/C27H27F2N5OS.C6H9B5O.CH4O/c1-4-14(3)20(22-15(10-30)26(31)36-25(22)19(28)5-2)21-18-13-35-12-17(18)16-11-32-27(33-24(16)23(21)29)34-8-6-7-9-34;1-2-3-4(5(7,8)9)6(10,11)12;1-2/h5,11H,4,6-9,12-13,31H2,1-3H3;4,12H,2-3H2,1H3;2H,1H3/b19-5+,20-14+;;. The summed E-state index contributed by atoms with van der Waals surface area (Å²) in [7, 11) is 27.7. The number of anilines is 2. The lowest BCUT2D eigenvalue weighted by Gasteiger charge is -2.42. The average Bonchev–Trinajstić information content (AvgIpc) is 3.86. The number of hydrogen-bond acceptors (Lipinski definition) is 9. The molecule has 2 aliphatic rings. The van der Waals surface area contributed by atoms with Crippen LogP contribution in [0.25, 0.3) is 22.3 Å². The van der Waals surface area contributed by atoms with Gasteiger partial charge in [0.1, 0.15) is 22.4 Å². The van der Waals surface area contributed by atoms with E-state index in [-0.39, 0.29) is 27.6 Å². The van der Waals surface area contributed by atoms with Crippen LogP contribution < -0.4 is 10.6 Å². The Labute approximate surface area is 304 Å². The van der Waals surface area contributed by atoms with Gasteiger partial charge >= 0.3 is 0 Å². The number of ether oxygens (including phenoxy) is 1. The Morgan fingerprint density at radius 3 is 2.28 bits per heavy atom. The molecule has 2 aromatic heterocycles. The topological polar surface area (TPSA) is 129 Å². The number of nitrogens with zero attached hydrogens (tertiary/aromatic N) is 4. The number of benzene rings is 1. The summed E-state index contributed by atoms with van der Waals surface area (Å²) in [4.78, 5) is 11.5. The summed E-state index contributed by atoms with van der Waals surface area (Å²) in [5.74, 6) is -1.24. The van der Waals surface area contributed by atoms with Crippen LogP contribution in [0.3, 0.4) is 0 Å². The van der Waals surface area contributed by atoms with Crippen LogP contribution in [0, 0.1) is 23.1 Å². The van der Waals surface area contributed by atoms with E-state index in [1.54, 1.807) is 13.1 Å². The number of allylic oxidation sites excluding steroid dienone is 2. The van der Waals surface area contributed by atoms with Gasteiger partial charge in [-0.05, 0) is 61.1 Å². The van der Waals surface area contributed by atoms with Gasteiger partial charge in [0.15, 0.2) is 5.82 Å². The minimum Gasteiger partial charge on any atom is -0.409 e. The van der Waals surface area contributed by atoms with Crippen molar-refractivity contribution in [2.24, 2.45) is 5.92 Å². The second-order valence-corrected chi connectivity index (χ2v) is 13.3. The van der Waals surface area contributed by atoms with Gasteiger partial charge < -0.3 is 25.6 Å². The summed E-state index contributed by atoms with van der Waals surface area (Å²) >= 11 is 1.00. The number of nitrogen functional groups attached to an aromatic ring is 1. The van der Waals surface area contributed by atoms with Crippen LogP contribution >= 0.6 is 11.3 Å². The number of fused-ring (bicyclic) bond motifs is 3. The van der Waals surface area contributed by atoms with Crippen molar-refractivity contribution >= 4 is 83.8 Å². The van der Waals surface area contributed by atoms with E-state index in [9.17, 15) is 10.4 Å². The number of nitrogens with two attached hydrogens (primary N) is 1. The summed E-state index contributed by atoms with van der Waals surface area (Å²) in [6.07, 6.45) is 6.90. The fraction of sp³-hybridized carbons (Fsp3) is 0.500. The quantitative estimate of drug-likeness (QED) is 0.266. The molecule has 1 atom stereocenters. The normalized spacial score (nSPS) is 15.8. The van der Waals surface area contributed by atoms with E-state index in [2.05, 4.69) is 20.9 Å². The van der Waals surface area contributed by atoms with Crippen LogP contribution in [0.4, 0.5) is 19.7 Å². The Hall–Kier alpha value is -3.11. The van der Waals surface area contributed by atoms with E-state index < -0.39 is 28.1 Å². The van der Waals surface area contributed by atoms with E-state index in [0.717, 1.165) is 61.9 Å². The number of halogens is 2. The Kier molecular flexibility index (Phi) is 14.4. The summed E-state index contributed by atoms with van der Waals surface area (Å²) in [5.41, 5.74) is 9.97. The zero-order valence-electron chi connectivity index (χ0n) is 29.3. The minimum atomic E-state index is -1.92. The van der Waals surface area contributed by atoms with Gasteiger partial charge in [0, 0.05) is 42.9 Å². The SMILES string of the molecule is C/C=C(/F)c1sc(N)c(C#N)c1/C(=C(\C)CC)c1c2c(c3cnc(N4CCCC4)nc3c1F)COC2.CO.[B]C([B])([B])C(CCC)C([B])([B])O. The lowest BCUT2D eigenvalue weighted by molar-refractivity contribution is 0.134. The number of aliphatic hydroxyl groups excluding tert-OH is 1. The highest BCUT2D eigenvalue weighted by Crippen LogP contribution is 2.47. The first kappa shape index (κ1) is 41.3. The molecule has 10 radical (unpaired) electrons. The van der Waals surface area contributed by atoms with Gasteiger partial charge in [0.2, 0.25) is 5.95 Å². The molecule has 8 nitrogen and oxygen atoms in total. The molecule has 1 aromatic carbocycles. The van der Waals surface area contributed by atoms with Crippen molar-refractivity contribution in [3.05, 3.63) is 56.4 Å². The van der Waals surface area contributed by atoms with Crippen LogP contribution in [0.1, 0.15) is 92.5 Å². The maximum absolute atomic E-state index is 16.7. The molecule has 3 aromatic rings. The van der Waals surface area contributed by atoms with Gasteiger partial charge in [-0.2, -0.15) is 5.26 Å². The van der Waals surface area contributed by atoms with Gasteiger partial charge in [-0.3, -0.25) is 0 Å². The first-order chi connectivity index (χ1) is 23.6. The number of nitriles is 1. The Morgan fingerprint density at radius 2 is 1.78 bits per heavy atom. The molecule has 1 saturated heterocycles. The third-order valence-corrected chi connectivity index (χ3v) is 9.82. The number of rotatable bonds is 9. The molecule has 0 saturated carbocycles. The van der Waals surface area contributed by atoms with Gasteiger partial charge in [-0.1, -0.05) is 38.3 Å². The molecule has 50 heavy (non-hydrogen) atoms. The first-order valence-corrected chi connectivity index (χ1v) is 17.2. The van der Waals surface area contributed by atoms with Crippen molar-refractivity contribution in [3.8, 4) is 6.07 Å². The Morgan fingerprint density at radius 1 is 1.16 bits per heavy atom. The highest BCUT2D eigenvalue weighted by molar-refractivity contribution is 7.17. The number of aromatic nitrogens is 2. The smallest absolute Gasteiger partial charge is 0.225 e. The summed E-state index contributed by atoms with van der Waals surface area (Å²) in [6, 6.07) is 2.13. The van der Waals surface area contributed by atoms with E-state index in [1.807, 2.05) is 20.8 Å². The number of thiophene rings is 1. The van der Waals surface area contributed by atoms with Crippen LogP contribution in [0.5, 0.6) is 0 Å². The molecular weight excluding hydrogens is 651 g/mol. The zero-order chi connectivity index (χ0) is 37.6. The molecule has 0 spiro atoms. The molecule has 1 unspecified atom stereocenters. The van der Waals surface area contributed by atoms with Gasteiger partial charge in [-0.25, -0.2) is 18.7 Å². The monoisotopic (exact) mass is 691 g/mol. The molecule has 2 aliphatic heterocycles. The zero-order valence-corrected chi connectivity index (χ0v) is 30.1. The highest BCUT2D eigenvalue weighted by atomic mass is 32.1. The average molecular weight is 691 g/mol. The first-order valence-electron chi connectivity index (χ1n) is 16.4. The van der Waals surface area contributed by atoms with Gasteiger partial charge in [-0.15, -0.1) is 16.4 Å². The van der Waals surface area contributed by atoms with Crippen molar-refractivity contribution in [1.29, 1.82) is 5.26 Å². The molecule has 1 fully saturated rings. The lowest BCUT2D eigenvalue weighted by Crippen LogP contribution is -2.46. The fourth-order valence-electron chi connectivity index (χ4n) is 6.23. The molecule has 0 aliphatic carbocycles. The van der Waals surface area contributed by atoms with Crippen molar-refractivity contribution in [1.82, 2.24) is 9.97 Å². The van der Waals surface area contributed by atoms with Crippen LogP contribution in [0.2, 0.25) is 5.11 Å². The van der Waals surface area contributed by atoms with Crippen LogP contribution in [0.15, 0.2) is 17.8 Å². The molecule has 254 valence electrons. The molecular formula is C34H40B5F2N5O3S. The van der Waals surface area contributed by atoms with E-state index in [4.69, 9.17) is 54.8 Å². The molecule has 0 amide bonds. The van der Waals surface area contributed by atoms with Crippen molar-refractivity contribution in [2.45, 2.75) is 83.5 Å². The second kappa shape index (κ2) is 17.4. The predicted octanol–water partition coefficient (Wildman–Crippen LogP) is 5.05. The highest BCUT2D eigenvalue weighted by Gasteiger charge is 2.34. The lowest BCUT2D eigenvalue weighted by atomic mass is 9.31. The Bertz CT molecular complexity index is 1760. The van der Waals surface area contributed by atoms with E-state index in [0.29, 0.717) is 53.0 Å². The maximum Gasteiger partial charge on any atom is 0.225 e. The van der Waals surface area contributed by atoms with E-state index >= 15 is 8.78 Å². The summed E-state index contributed by atoms with van der Waals surface area (Å²) in [5, 5.41) is 23.6. The fourth-order valence-corrected chi connectivity index (χ4v) is 7.22. The third-order valence-electron chi connectivity index (χ3n) is 8.79. The number of hydrogen-bond donors (Lipinski definition) is 3. The summed E-state index contributed by atoms with van der Waals surface area (Å²) < 4.78 is 37.5.